The Balaban J connectivity index is 1.95. The van der Waals surface area contributed by atoms with Gasteiger partial charge in [0.2, 0.25) is 0 Å². The van der Waals surface area contributed by atoms with Crippen LogP contribution in [-0.2, 0) is 11.3 Å². The second-order valence-corrected chi connectivity index (χ2v) is 5.55. The Kier molecular flexibility index (Phi) is 5.95. The molecule has 1 atom stereocenters. The molecule has 0 spiro atoms. The third kappa shape index (κ3) is 4.27. The van der Waals surface area contributed by atoms with Crippen LogP contribution in [0.2, 0.25) is 5.02 Å². The molecule has 1 aromatic rings. The first-order valence-electron chi connectivity index (χ1n) is 6.98. The van der Waals surface area contributed by atoms with Crippen LogP contribution < -0.4 is 14.8 Å². The first-order valence-corrected chi connectivity index (χ1v) is 7.36. The fraction of sp³-hybridized carbons (Fsp3) is 0.600. The number of ether oxygens (including phenoxy) is 3. The van der Waals surface area contributed by atoms with Crippen LogP contribution in [0.5, 0.6) is 11.5 Å². The zero-order chi connectivity index (χ0) is 14.4. The summed E-state index contributed by atoms with van der Waals surface area (Å²) >= 11 is 6.26. The Morgan fingerprint density at radius 3 is 2.95 bits per heavy atom. The maximum Gasteiger partial charge on any atom is 0.179 e. The van der Waals surface area contributed by atoms with Gasteiger partial charge in [-0.2, -0.15) is 0 Å². The lowest BCUT2D eigenvalue weighted by Gasteiger charge is -2.14. The summed E-state index contributed by atoms with van der Waals surface area (Å²) in [6, 6.07) is 3.93. The molecule has 112 valence electrons. The maximum absolute atomic E-state index is 6.26. The summed E-state index contributed by atoms with van der Waals surface area (Å²) < 4.78 is 16.4. The first kappa shape index (κ1) is 15.4. The van der Waals surface area contributed by atoms with Gasteiger partial charge < -0.3 is 19.5 Å². The van der Waals surface area contributed by atoms with Crippen LogP contribution in [0.4, 0.5) is 0 Å². The molecule has 0 bridgehead atoms. The number of rotatable bonds is 6. The van der Waals surface area contributed by atoms with Gasteiger partial charge in [0.1, 0.15) is 0 Å². The van der Waals surface area contributed by atoms with Gasteiger partial charge in [0.05, 0.1) is 18.2 Å². The normalized spacial score (nSPS) is 15.8. The van der Waals surface area contributed by atoms with Crippen molar-refractivity contribution in [3.63, 3.8) is 0 Å². The van der Waals surface area contributed by atoms with Crippen molar-refractivity contribution >= 4 is 11.6 Å². The Morgan fingerprint density at radius 2 is 2.15 bits per heavy atom. The van der Waals surface area contributed by atoms with E-state index in [9.17, 15) is 0 Å². The third-order valence-electron chi connectivity index (χ3n) is 3.14. The Morgan fingerprint density at radius 1 is 1.35 bits per heavy atom. The highest BCUT2D eigenvalue weighted by Crippen LogP contribution is 2.37. The van der Waals surface area contributed by atoms with Crippen molar-refractivity contribution in [1.29, 1.82) is 0 Å². The van der Waals surface area contributed by atoms with Crippen LogP contribution >= 0.6 is 11.6 Å². The molecule has 0 saturated heterocycles. The number of halogens is 1. The summed E-state index contributed by atoms with van der Waals surface area (Å²) in [5, 5.41) is 4.02. The standard InChI is InChI=1S/C15H22ClNO3/c1-11(10-18-2)8-17-9-12-6-13(16)15-14(7-12)19-4-3-5-20-15/h6-7,11,17H,3-5,8-10H2,1-2H3. The minimum absolute atomic E-state index is 0.482. The molecular formula is C15H22ClNO3. The average molecular weight is 300 g/mol. The van der Waals surface area contributed by atoms with E-state index < -0.39 is 0 Å². The fourth-order valence-electron chi connectivity index (χ4n) is 2.19. The van der Waals surface area contributed by atoms with Crippen LogP contribution in [0.3, 0.4) is 0 Å². The summed E-state index contributed by atoms with van der Waals surface area (Å²) in [4.78, 5) is 0. The van der Waals surface area contributed by atoms with Gasteiger partial charge in [-0.05, 0) is 23.6 Å². The van der Waals surface area contributed by atoms with Crippen LogP contribution in [0, 0.1) is 5.92 Å². The van der Waals surface area contributed by atoms with Crippen molar-refractivity contribution in [2.24, 2.45) is 5.92 Å². The average Bonchev–Trinajstić information content (AvgIpc) is 2.64. The molecule has 1 unspecified atom stereocenters. The van der Waals surface area contributed by atoms with Crippen molar-refractivity contribution in [3.05, 3.63) is 22.7 Å². The first-order chi connectivity index (χ1) is 9.70. The summed E-state index contributed by atoms with van der Waals surface area (Å²) in [5.41, 5.74) is 1.10. The molecule has 0 radical (unpaired) electrons. The van der Waals surface area contributed by atoms with E-state index in [4.69, 9.17) is 25.8 Å². The molecular weight excluding hydrogens is 278 g/mol. The molecule has 0 saturated carbocycles. The smallest absolute Gasteiger partial charge is 0.179 e. The number of benzene rings is 1. The van der Waals surface area contributed by atoms with Crippen LogP contribution in [0.15, 0.2) is 12.1 Å². The molecule has 1 heterocycles. The summed E-state index contributed by atoms with van der Waals surface area (Å²) in [7, 11) is 1.72. The van der Waals surface area contributed by atoms with Crippen LogP contribution in [0.1, 0.15) is 18.9 Å². The van der Waals surface area contributed by atoms with Crippen molar-refractivity contribution in [2.75, 3.05) is 33.5 Å². The molecule has 4 nitrogen and oxygen atoms in total. The van der Waals surface area contributed by atoms with Crippen molar-refractivity contribution < 1.29 is 14.2 Å². The van der Waals surface area contributed by atoms with Crippen LogP contribution in [-0.4, -0.2) is 33.5 Å². The van der Waals surface area contributed by atoms with E-state index in [0.29, 0.717) is 29.9 Å². The van der Waals surface area contributed by atoms with E-state index in [1.165, 1.54) is 0 Å². The molecule has 2 rings (SSSR count). The highest BCUT2D eigenvalue weighted by Gasteiger charge is 2.15. The highest BCUT2D eigenvalue weighted by molar-refractivity contribution is 6.32. The number of methoxy groups -OCH3 is 1. The lowest BCUT2D eigenvalue weighted by Crippen LogP contribution is -2.23. The van der Waals surface area contributed by atoms with Gasteiger partial charge in [0.25, 0.3) is 0 Å². The quantitative estimate of drug-likeness (QED) is 0.877. The van der Waals surface area contributed by atoms with Crippen molar-refractivity contribution in [2.45, 2.75) is 19.9 Å². The van der Waals surface area contributed by atoms with Crippen molar-refractivity contribution in [3.8, 4) is 11.5 Å². The molecule has 1 aliphatic rings. The molecule has 5 heteroatoms. The van der Waals surface area contributed by atoms with Crippen LogP contribution in [0.25, 0.3) is 0 Å². The topological polar surface area (TPSA) is 39.7 Å². The largest absolute Gasteiger partial charge is 0.489 e. The molecule has 1 N–H and O–H groups in total. The third-order valence-corrected chi connectivity index (χ3v) is 3.42. The number of nitrogens with one attached hydrogen (secondary N) is 1. The number of hydrogen-bond acceptors (Lipinski definition) is 4. The number of hydrogen-bond donors (Lipinski definition) is 1. The van der Waals surface area contributed by atoms with E-state index in [2.05, 4.69) is 12.2 Å². The fourth-order valence-corrected chi connectivity index (χ4v) is 2.48. The van der Waals surface area contributed by atoms with E-state index in [0.717, 1.165) is 37.4 Å². The second-order valence-electron chi connectivity index (χ2n) is 5.15. The van der Waals surface area contributed by atoms with Gasteiger partial charge in [-0.25, -0.2) is 0 Å². The van der Waals surface area contributed by atoms with Gasteiger partial charge in [-0.3, -0.25) is 0 Å². The zero-order valence-corrected chi connectivity index (χ0v) is 12.8. The Bertz CT molecular complexity index is 439. The van der Waals surface area contributed by atoms with Gasteiger partial charge in [-0.1, -0.05) is 18.5 Å². The second kappa shape index (κ2) is 7.72. The molecule has 1 aromatic carbocycles. The predicted octanol–water partition coefficient (Wildman–Crippen LogP) is 2.87. The van der Waals surface area contributed by atoms with Gasteiger partial charge in [0, 0.05) is 33.2 Å². The molecule has 0 fully saturated rings. The maximum atomic E-state index is 6.26. The van der Waals surface area contributed by atoms with Gasteiger partial charge in [0.15, 0.2) is 11.5 Å². The molecule has 0 aromatic heterocycles. The van der Waals surface area contributed by atoms with Crippen molar-refractivity contribution in [1.82, 2.24) is 5.32 Å². The highest BCUT2D eigenvalue weighted by atomic mass is 35.5. The minimum atomic E-state index is 0.482. The van der Waals surface area contributed by atoms with E-state index >= 15 is 0 Å². The van der Waals surface area contributed by atoms with Gasteiger partial charge in [-0.15, -0.1) is 0 Å². The SMILES string of the molecule is COCC(C)CNCc1cc(Cl)c2c(c1)OCCCO2. The van der Waals surface area contributed by atoms with E-state index in [-0.39, 0.29) is 0 Å². The summed E-state index contributed by atoms with van der Waals surface area (Å²) in [6.07, 6.45) is 0.882. The molecule has 0 amide bonds. The molecule has 0 aliphatic carbocycles. The van der Waals surface area contributed by atoms with E-state index in [1.54, 1.807) is 7.11 Å². The van der Waals surface area contributed by atoms with Gasteiger partial charge >= 0.3 is 0 Å². The molecule has 20 heavy (non-hydrogen) atoms. The monoisotopic (exact) mass is 299 g/mol. The Labute approximate surface area is 125 Å². The Hall–Kier alpha value is -0.970. The molecule has 1 aliphatic heterocycles. The number of fused-ring (bicyclic) bond motifs is 1. The lowest BCUT2D eigenvalue weighted by molar-refractivity contribution is 0.158. The minimum Gasteiger partial charge on any atom is -0.489 e. The summed E-state index contributed by atoms with van der Waals surface area (Å²) in [6.45, 7) is 5.89. The lowest BCUT2D eigenvalue weighted by atomic mass is 10.1. The summed E-state index contributed by atoms with van der Waals surface area (Å²) in [5.74, 6) is 1.90. The zero-order valence-electron chi connectivity index (χ0n) is 12.1. The predicted molar refractivity (Wildman–Crippen MR) is 79.8 cm³/mol. The van der Waals surface area contributed by atoms with E-state index in [1.807, 2.05) is 12.1 Å².